The van der Waals surface area contributed by atoms with Gasteiger partial charge >= 0.3 is 0 Å². The number of rotatable bonds is 6. The molecule has 0 saturated heterocycles. The van der Waals surface area contributed by atoms with E-state index < -0.39 is 0 Å². The second kappa shape index (κ2) is 8.30. The van der Waals surface area contributed by atoms with E-state index in [1.165, 1.54) is 11.3 Å². The molecule has 5 heteroatoms. The lowest BCUT2D eigenvalue weighted by molar-refractivity contribution is 0.306. The van der Waals surface area contributed by atoms with Gasteiger partial charge in [-0.1, -0.05) is 11.6 Å². The number of aryl methyl sites for hydroxylation is 3. The van der Waals surface area contributed by atoms with Gasteiger partial charge in [-0.2, -0.15) is 5.10 Å². The van der Waals surface area contributed by atoms with Gasteiger partial charge < -0.3 is 4.74 Å². The van der Waals surface area contributed by atoms with Crippen LogP contribution < -0.4 is 4.74 Å². The van der Waals surface area contributed by atoms with Crippen molar-refractivity contribution >= 4 is 24.0 Å². The Balaban J connectivity index is 0.00000220. The number of H-pyrrole nitrogens is 1. The van der Waals surface area contributed by atoms with Gasteiger partial charge in [0.15, 0.2) is 0 Å². The van der Waals surface area contributed by atoms with Crippen molar-refractivity contribution in [1.29, 1.82) is 0 Å². The van der Waals surface area contributed by atoms with E-state index >= 15 is 0 Å². The SMILES string of the molecule is Cc1cc(OCCCCc2c(C)n[nH]c2C)ccc1Cl.Cl. The van der Waals surface area contributed by atoms with Gasteiger partial charge in [0.1, 0.15) is 5.75 Å². The molecular formula is C16H22Cl2N2O. The summed E-state index contributed by atoms with van der Waals surface area (Å²) in [6.07, 6.45) is 3.19. The zero-order valence-corrected chi connectivity index (χ0v) is 14.3. The molecule has 0 aliphatic heterocycles. The number of nitrogens with one attached hydrogen (secondary N) is 1. The van der Waals surface area contributed by atoms with Crippen LogP contribution in [0, 0.1) is 20.8 Å². The monoisotopic (exact) mass is 328 g/mol. The Labute approximate surface area is 137 Å². The zero-order chi connectivity index (χ0) is 14.5. The molecule has 0 atom stereocenters. The maximum absolute atomic E-state index is 5.99. The van der Waals surface area contributed by atoms with Gasteiger partial charge in [-0.3, -0.25) is 5.10 Å². The van der Waals surface area contributed by atoms with E-state index in [9.17, 15) is 0 Å². The molecular weight excluding hydrogens is 307 g/mol. The van der Waals surface area contributed by atoms with E-state index in [0.717, 1.165) is 47.9 Å². The van der Waals surface area contributed by atoms with Gasteiger partial charge in [0, 0.05) is 10.7 Å². The van der Waals surface area contributed by atoms with Crippen LogP contribution in [0.3, 0.4) is 0 Å². The van der Waals surface area contributed by atoms with Gasteiger partial charge in [-0.05, 0) is 69.4 Å². The highest BCUT2D eigenvalue weighted by atomic mass is 35.5. The number of aromatic nitrogens is 2. The molecule has 0 aliphatic carbocycles. The lowest BCUT2D eigenvalue weighted by atomic mass is 10.1. The Morgan fingerprint density at radius 2 is 1.95 bits per heavy atom. The van der Waals surface area contributed by atoms with Crippen molar-refractivity contribution in [1.82, 2.24) is 10.2 Å². The second-order valence-corrected chi connectivity index (χ2v) is 5.54. The van der Waals surface area contributed by atoms with Crippen LogP contribution in [0.4, 0.5) is 0 Å². The molecule has 0 radical (unpaired) electrons. The fourth-order valence-corrected chi connectivity index (χ4v) is 2.36. The molecule has 1 heterocycles. The molecule has 1 aromatic heterocycles. The molecule has 0 bridgehead atoms. The summed E-state index contributed by atoms with van der Waals surface area (Å²) >= 11 is 5.99. The maximum Gasteiger partial charge on any atom is 0.119 e. The third-order valence-electron chi connectivity index (χ3n) is 3.50. The molecule has 21 heavy (non-hydrogen) atoms. The standard InChI is InChI=1S/C16H21ClN2O.ClH/c1-11-10-14(7-8-16(11)17)20-9-5-4-6-15-12(2)18-19-13(15)3;/h7-8,10H,4-6,9H2,1-3H3,(H,18,19);1H. The van der Waals surface area contributed by atoms with Gasteiger partial charge in [0.05, 0.1) is 12.3 Å². The fraction of sp³-hybridized carbons (Fsp3) is 0.438. The molecule has 0 unspecified atom stereocenters. The minimum Gasteiger partial charge on any atom is -0.494 e. The molecule has 2 rings (SSSR count). The number of benzene rings is 1. The van der Waals surface area contributed by atoms with Crippen molar-refractivity contribution in [3.05, 3.63) is 45.7 Å². The van der Waals surface area contributed by atoms with E-state index in [0.29, 0.717) is 0 Å². The maximum atomic E-state index is 5.99. The zero-order valence-electron chi connectivity index (χ0n) is 12.7. The van der Waals surface area contributed by atoms with Crippen molar-refractivity contribution in [2.45, 2.75) is 40.0 Å². The third-order valence-corrected chi connectivity index (χ3v) is 3.92. The smallest absolute Gasteiger partial charge is 0.119 e. The topological polar surface area (TPSA) is 37.9 Å². The van der Waals surface area contributed by atoms with Crippen molar-refractivity contribution in [3.63, 3.8) is 0 Å². The Morgan fingerprint density at radius 3 is 2.57 bits per heavy atom. The number of halogens is 2. The van der Waals surface area contributed by atoms with Gasteiger partial charge in [0.25, 0.3) is 0 Å². The van der Waals surface area contributed by atoms with Crippen LogP contribution in [-0.2, 0) is 6.42 Å². The van der Waals surface area contributed by atoms with Crippen molar-refractivity contribution < 1.29 is 4.74 Å². The molecule has 0 saturated carbocycles. The van der Waals surface area contributed by atoms with Crippen LogP contribution in [0.2, 0.25) is 5.02 Å². The summed E-state index contributed by atoms with van der Waals surface area (Å²) in [4.78, 5) is 0. The quantitative estimate of drug-likeness (QED) is 0.772. The normalized spacial score (nSPS) is 10.3. The summed E-state index contributed by atoms with van der Waals surface area (Å²) in [5.41, 5.74) is 4.68. The molecule has 1 aromatic carbocycles. The Morgan fingerprint density at radius 1 is 1.19 bits per heavy atom. The van der Waals surface area contributed by atoms with Crippen LogP contribution >= 0.6 is 24.0 Å². The van der Waals surface area contributed by atoms with E-state index in [1.54, 1.807) is 0 Å². The Kier molecular flexibility index (Phi) is 7.06. The average Bonchev–Trinajstić information content (AvgIpc) is 2.73. The van der Waals surface area contributed by atoms with E-state index in [1.807, 2.05) is 32.0 Å². The average molecular weight is 329 g/mol. The summed E-state index contributed by atoms with van der Waals surface area (Å²) in [6.45, 7) is 6.84. The molecule has 0 spiro atoms. The highest BCUT2D eigenvalue weighted by Crippen LogP contribution is 2.21. The van der Waals surface area contributed by atoms with Crippen LogP contribution in [0.25, 0.3) is 0 Å². The molecule has 0 fully saturated rings. The first kappa shape index (κ1) is 17.9. The lowest BCUT2D eigenvalue weighted by Gasteiger charge is -2.08. The van der Waals surface area contributed by atoms with E-state index in [4.69, 9.17) is 16.3 Å². The van der Waals surface area contributed by atoms with Crippen LogP contribution in [0.15, 0.2) is 18.2 Å². The van der Waals surface area contributed by atoms with E-state index in [-0.39, 0.29) is 12.4 Å². The summed E-state index contributed by atoms with van der Waals surface area (Å²) in [5.74, 6) is 0.891. The Hall–Kier alpha value is -1.19. The van der Waals surface area contributed by atoms with Gasteiger partial charge in [-0.25, -0.2) is 0 Å². The summed E-state index contributed by atoms with van der Waals surface area (Å²) in [5, 5.41) is 8.01. The molecule has 0 amide bonds. The molecule has 116 valence electrons. The predicted octanol–water partition coefficient (Wildman–Crippen LogP) is 4.81. The number of hydrogen-bond acceptors (Lipinski definition) is 2. The molecule has 3 nitrogen and oxygen atoms in total. The second-order valence-electron chi connectivity index (χ2n) is 5.13. The first-order valence-electron chi connectivity index (χ1n) is 6.97. The Bertz CT molecular complexity index is 562. The molecule has 2 aromatic rings. The third kappa shape index (κ3) is 4.94. The van der Waals surface area contributed by atoms with E-state index in [2.05, 4.69) is 17.1 Å². The first-order chi connectivity index (χ1) is 9.58. The minimum atomic E-state index is 0. The van der Waals surface area contributed by atoms with Crippen molar-refractivity contribution in [2.75, 3.05) is 6.61 Å². The van der Waals surface area contributed by atoms with Crippen molar-refractivity contribution in [2.24, 2.45) is 0 Å². The summed E-state index contributed by atoms with van der Waals surface area (Å²) < 4.78 is 5.74. The number of ether oxygens (including phenoxy) is 1. The highest BCUT2D eigenvalue weighted by Gasteiger charge is 2.05. The van der Waals surface area contributed by atoms with Crippen LogP contribution in [0.5, 0.6) is 5.75 Å². The summed E-state index contributed by atoms with van der Waals surface area (Å²) in [6, 6.07) is 5.77. The summed E-state index contributed by atoms with van der Waals surface area (Å²) in [7, 11) is 0. The lowest BCUT2D eigenvalue weighted by Crippen LogP contribution is -1.99. The predicted molar refractivity (Wildman–Crippen MR) is 89.9 cm³/mol. The fourth-order valence-electron chi connectivity index (χ4n) is 2.24. The minimum absolute atomic E-state index is 0. The first-order valence-corrected chi connectivity index (χ1v) is 7.35. The number of aromatic amines is 1. The van der Waals surface area contributed by atoms with Gasteiger partial charge in [0.2, 0.25) is 0 Å². The van der Waals surface area contributed by atoms with Crippen LogP contribution in [-0.4, -0.2) is 16.8 Å². The number of unbranched alkanes of at least 4 members (excludes halogenated alkanes) is 1. The molecule has 0 aliphatic rings. The number of hydrogen-bond donors (Lipinski definition) is 1. The van der Waals surface area contributed by atoms with Crippen molar-refractivity contribution in [3.8, 4) is 5.75 Å². The largest absolute Gasteiger partial charge is 0.494 e. The number of nitrogens with zero attached hydrogens (tertiary/aromatic N) is 1. The highest BCUT2D eigenvalue weighted by molar-refractivity contribution is 6.31. The van der Waals surface area contributed by atoms with Gasteiger partial charge in [-0.15, -0.1) is 12.4 Å². The van der Waals surface area contributed by atoms with Crippen LogP contribution in [0.1, 0.15) is 35.4 Å². The molecule has 1 N–H and O–H groups in total.